The highest BCUT2D eigenvalue weighted by Crippen LogP contribution is 2.31. The lowest BCUT2D eigenvalue weighted by atomic mass is 10.0. The summed E-state index contributed by atoms with van der Waals surface area (Å²) in [6, 6.07) is 7.60. The molecule has 0 spiro atoms. The third kappa shape index (κ3) is 4.50. The van der Waals surface area contributed by atoms with Crippen molar-refractivity contribution in [2.45, 2.75) is 45.1 Å². The molecule has 0 atom stereocenters. The first-order valence-corrected chi connectivity index (χ1v) is 10.9. The van der Waals surface area contributed by atoms with Crippen LogP contribution in [0.2, 0.25) is 0 Å². The van der Waals surface area contributed by atoms with Gasteiger partial charge in [0.25, 0.3) is 0 Å². The predicted molar refractivity (Wildman–Crippen MR) is 119 cm³/mol. The molecule has 1 aromatic heterocycles. The second kappa shape index (κ2) is 9.32. The van der Waals surface area contributed by atoms with E-state index < -0.39 is 0 Å². The van der Waals surface area contributed by atoms with Gasteiger partial charge in [-0.1, -0.05) is 25.7 Å². The van der Waals surface area contributed by atoms with Gasteiger partial charge in [-0.25, -0.2) is 9.97 Å². The molecule has 2 aliphatic rings. The molecule has 2 heterocycles. The Balaban J connectivity index is 1.58. The molecule has 0 radical (unpaired) electrons. The standard InChI is InChI=1S/C23H31N5O2/c1-27-15-21(29)28(18-9-11-19(30-2)12-10-18)14-20-22(25-16-26-23(20)27)24-13-17-7-5-3-4-6-8-17/h9-12,16-17H,3-8,13-15H2,1-2H3,(H,24,25,26). The molecule has 7 nitrogen and oxygen atoms in total. The number of likely N-dealkylation sites (N-methyl/N-ethyl adjacent to an activating group) is 1. The average Bonchev–Trinajstić information content (AvgIpc) is 3.11. The number of hydrogen-bond acceptors (Lipinski definition) is 6. The summed E-state index contributed by atoms with van der Waals surface area (Å²) in [5.74, 6) is 3.14. The molecule has 1 aromatic carbocycles. The van der Waals surface area contributed by atoms with Gasteiger partial charge in [0.05, 0.1) is 25.8 Å². The van der Waals surface area contributed by atoms with Crippen LogP contribution in [0.25, 0.3) is 0 Å². The van der Waals surface area contributed by atoms with Gasteiger partial charge >= 0.3 is 0 Å². The van der Waals surface area contributed by atoms with Gasteiger partial charge in [-0.15, -0.1) is 0 Å². The monoisotopic (exact) mass is 409 g/mol. The minimum atomic E-state index is 0.0374. The van der Waals surface area contributed by atoms with E-state index in [1.807, 2.05) is 41.1 Å². The van der Waals surface area contributed by atoms with Gasteiger partial charge in [0.1, 0.15) is 23.7 Å². The molecule has 30 heavy (non-hydrogen) atoms. The van der Waals surface area contributed by atoms with Crippen LogP contribution >= 0.6 is 0 Å². The maximum absolute atomic E-state index is 13.0. The van der Waals surface area contributed by atoms with E-state index in [2.05, 4.69) is 15.3 Å². The molecule has 4 rings (SSSR count). The van der Waals surface area contributed by atoms with Crippen LogP contribution in [0.5, 0.6) is 5.75 Å². The number of nitrogens with zero attached hydrogens (tertiary/aromatic N) is 4. The molecule has 1 aliphatic carbocycles. The van der Waals surface area contributed by atoms with Crippen LogP contribution in [0.3, 0.4) is 0 Å². The Hall–Kier alpha value is -2.83. The molecule has 1 saturated carbocycles. The van der Waals surface area contributed by atoms with Crippen LogP contribution in [0.4, 0.5) is 17.3 Å². The summed E-state index contributed by atoms with van der Waals surface area (Å²) in [6.45, 7) is 1.64. The Morgan fingerprint density at radius 2 is 1.80 bits per heavy atom. The number of aromatic nitrogens is 2. The van der Waals surface area contributed by atoms with Crippen molar-refractivity contribution in [1.82, 2.24) is 9.97 Å². The number of ether oxygens (including phenoxy) is 1. The Morgan fingerprint density at radius 3 is 2.50 bits per heavy atom. The molecule has 0 unspecified atom stereocenters. The van der Waals surface area contributed by atoms with Gasteiger partial charge < -0.3 is 19.9 Å². The smallest absolute Gasteiger partial charge is 0.246 e. The Bertz CT molecular complexity index is 862. The first kappa shape index (κ1) is 20.4. The number of anilines is 3. The van der Waals surface area contributed by atoms with E-state index in [0.29, 0.717) is 12.5 Å². The van der Waals surface area contributed by atoms with Crippen molar-refractivity contribution in [3.05, 3.63) is 36.2 Å². The largest absolute Gasteiger partial charge is 0.497 e. The van der Waals surface area contributed by atoms with E-state index in [4.69, 9.17) is 4.74 Å². The summed E-state index contributed by atoms with van der Waals surface area (Å²) >= 11 is 0. The van der Waals surface area contributed by atoms with Crippen molar-refractivity contribution >= 4 is 23.2 Å². The van der Waals surface area contributed by atoms with Crippen LogP contribution < -0.4 is 19.9 Å². The van der Waals surface area contributed by atoms with E-state index in [1.54, 1.807) is 13.4 Å². The van der Waals surface area contributed by atoms with Crippen LogP contribution in [0.1, 0.15) is 44.1 Å². The van der Waals surface area contributed by atoms with Gasteiger partial charge in [-0.3, -0.25) is 4.79 Å². The summed E-state index contributed by atoms with van der Waals surface area (Å²) in [4.78, 5) is 25.8. The zero-order chi connectivity index (χ0) is 20.9. The SMILES string of the molecule is COc1ccc(N2Cc3c(NCC4CCCCCC4)ncnc3N(C)CC2=O)cc1. The Morgan fingerprint density at radius 1 is 1.07 bits per heavy atom. The Labute approximate surface area is 178 Å². The Kier molecular flexibility index (Phi) is 6.35. The third-order valence-electron chi connectivity index (χ3n) is 6.19. The summed E-state index contributed by atoms with van der Waals surface area (Å²) in [6.07, 6.45) is 9.48. The lowest BCUT2D eigenvalue weighted by Gasteiger charge is -2.22. The summed E-state index contributed by atoms with van der Waals surface area (Å²) in [5, 5.41) is 3.59. The molecule has 7 heteroatoms. The van der Waals surface area contributed by atoms with E-state index in [1.165, 1.54) is 38.5 Å². The molecule has 0 saturated heterocycles. The van der Waals surface area contributed by atoms with Gasteiger partial charge in [-0.05, 0) is 43.0 Å². The number of fused-ring (bicyclic) bond motifs is 1. The number of carbonyl (C=O) groups is 1. The molecular formula is C23H31N5O2. The minimum Gasteiger partial charge on any atom is -0.497 e. The van der Waals surface area contributed by atoms with Gasteiger partial charge in [0.15, 0.2) is 0 Å². The summed E-state index contributed by atoms with van der Waals surface area (Å²) in [7, 11) is 3.55. The first-order valence-electron chi connectivity index (χ1n) is 10.9. The zero-order valence-corrected chi connectivity index (χ0v) is 17.9. The van der Waals surface area contributed by atoms with Crippen LogP contribution in [-0.4, -0.2) is 43.1 Å². The minimum absolute atomic E-state index is 0.0374. The number of amides is 1. The lowest BCUT2D eigenvalue weighted by molar-refractivity contribution is -0.117. The normalized spacial score (nSPS) is 17.9. The van der Waals surface area contributed by atoms with Gasteiger partial charge in [-0.2, -0.15) is 0 Å². The fourth-order valence-electron chi connectivity index (χ4n) is 4.45. The molecule has 1 aliphatic heterocycles. The third-order valence-corrected chi connectivity index (χ3v) is 6.19. The molecule has 2 aromatic rings. The van der Waals surface area contributed by atoms with Crippen molar-refractivity contribution in [3.8, 4) is 5.75 Å². The predicted octanol–water partition coefficient (Wildman–Crippen LogP) is 3.85. The molecule has 1 amide bonds. The van der Waals surface area contributed by atoms with Crippen LogP contribution in [0.15, 0.2) is 30.6 Å². The fraction of sp³-hybridized carbons (Fsp3) is 0.522. The quantitative estimate of drug-likeness (QED) is 0.757. The maximum atomic E-state index is 13.0. The first-order chi connectivity index (χ1) is 14.7. The highest BCUT2D eigenvalue weighted by Gasteiger charge is 2.28. The van der Waals surface area contributed by atoms with E-state index in [9.17, 15) is 4.79 Å². The van der Waals surface area contributed by atoms with Crippen molar-refractivity contribution in [1.29, 1.82) is 0 Å². The summed E-state index contributed by atoms with van der Waals surface area (Å²) in [5.41, 5.74) is 1.82. The fourth-order valence-corrected chi connectivity index (χ4v) is 4.45. The number of carbonyl (C=O) groups excluding carboxylic acids is 1. The van der Waals surface area contributed by atoms with Crippen molar-refractivity contribution in [2.24, 2.45) is 5.92 Å². The number of benzene rings is 1. The van der Waals surface area contributed by atoms with E-state index >= 15 is 0 Å². The molecule has 160 valence electrons. The van der Waals surface area contributed by atoms with Crippen molar-refractivity contribution in [3.63, 3.8) is 0 Å². The topological polar surface area (TPSA) is 70.6 Å². The second-order valence-electron chi connectivity index (χ2n) is 8.30. The van der Waals surface area contributed by atoms with Crippen molar-refractivity contribution in [2.75, 3.05) is 42.4 Å². The lowest BCUT2D eigenvalue weighted by Crippen LogP contribution is -2.35. The van der Waals surface area contributed by atoms with Gasteiger partial charge in [0.2, 0.25) is 5.91 Å². The zero-order valence-electron chi connectivity index (χ0n) is 17.9. The number of rotatable bonds is 5. The molecule has 0 bridgehead atoms. The number of nitrogens with one attached hydrogen (secondary N) is 1. The van der Waals surface area contributed by atoms with E-state index in [0.717, 1.165) is 35.2 Å². The maximum Gasteiger partial charge on any atom is 0.246 e. The average molecular weight is 410 g/mol. The molecule has 1 fully saturated rings. The van der Waals surface area contributed by atoms with E-state index in [-0.39, 0.29) is 12.5 Å². The highest BCUT2D eigenvalue weighted by atomic mass is 16.5. The highest BCUT2D eigenvalue weighted by molar-refractivity contribution is 5.97. The van der Waals surface area contributed by atoms with Crippen molar-refractivity contribution < 1.29 is 9.53 Å². The molecular weight excluding hydrogens is 378 g/mol. The van der Waals surface area contributed by atoms with Crippen LogP contribution in [0, 0.1) is 5.92 Å². The number of hydrogen-bond donors (Lipinski definition) is 1. The van der Waals surface area contributed by atoms with Gasteiger partial charge in [0, 0.05) is 19.3 Å². The molecule has 1 N–H and O–H groups in total. The summed E-state index contributed by atoms with van der Waals surface area (Å²) < 4.78 is 5.26. The van der Waals surface area contributed by atoms with Crippen LogP contribution in [-0.2, 0) is 11.3 Å². The second-order valence-corrected chi connectivity index (χ2v) is 8.30. The number of methoxy groups -OCH3 is 1.